The minimum absolute atomic E-state index is 0.0637. The molecule has 0 heterocycles. The van der Waals surface area contributed by atoms with Gasteiger partial charge in [0.05, 0.1) is 18.3 Å². The maximum absolute atomic E-state index is 13.4. The number of rotatable bonds is 5. The average Bonchev–Trinajstić information content (AvgIpc) is 2.45. The van der Waals surface area contributed by atoms with Gasteiger partial charge in [0, 0.05) is 25.6 Å². The van der Waals surface area contributed by atoms with Crippen LogP contribution < -0.4 is 0 Å². The Bertz CT molecular complexity index is 546. The highest BCUT2D eigenvalue weighted by molar-refractivity contribution is 5.96. The molecule has 5 heteroatoms. The first-order chi connectivity index (χ1) is 9.95. The Morgan fingerprint density at radius 1 is 1.48 bits per heavy atom. The third-order valence-corrected chi connectivity index (χ3v) is 2.90. The summed E-state index contributed by atoms with van der Waals surface area (Å²) in [5.41, 5.74) is 0.618. The van der Waals surface area contributed by atoms with Crippen molar-refractivity contribution in [2.75, 3.05) is 20.2 Å². The molecule has 1 atom stereocenters. The second-order valence-electron chi connectivity index (χ2n) is 4.83. The van der Waals surface area contributed by atoms with Crippen LogP contribution in [0, 0.1) is 17.7 Å². The van der Waals surface area contributed by atoms with Gasteiger partial charge in [-0.3, -0.25) is 4.79 Å². The van der Waals surface area contributed by atoms with Crippen LogP contribution in [-0.2, 0) is 0 Å². The number of hydrogen-bond acceptors (Lipinski definition) is 3. The molecule has 0 spiro atoms. The lowest BCUT2D eigenvalue weighted by atomic mass is 10.1. The molecule has 114 valence electrons. The Morgan fingerprint density at radius 2 is 2.19 bits per heavy atom. The zero-order valence-corrected chi connectivity index (χ0v) is 12.3. The van der Waals surface area contributed by atoms with E-state index in [9.17, 15) is 14.3 Å². The van der Waals surface area contributed by atoms with Crippen molar-refractivity contribution in [3.05, 3.63) is 35.1 Å². The van der Waals surface area contributed by atoms with Crippen LogP contribution >= 0.6 is 0 Å². The van der Waals surface area contributed by atoms with E-state index < -0.39 is 11.9 Å². The molecule has 0 aliphatic rings. The first-order valence-corrected chi connectivity index (χ1v) is 6.78. The topological polar surface area (TPSA) is 60.8 Å². The maximum Gasteiger partial charge on any atom is 0.254 e. The van der Waals surface area contributed by atoms with Crippen molar-refractivity contribution >= 4 is 5.91 Å². The van der Waals surface area contributed by atoms with Crippen LogP contribution in [0.3, 0.4) is 0 Å². The second kappa shape index (κ2) is 8.40. The summed E-state index contributed by atoms with van der Waals surface area (Å²) < 4.78 is 13.4. The Labute approximate surface area is 124 Å². The molecule has 1 aromatic carbocycles. The predicted molar refractivity (Wildman–Crippen MR) is 78.2 cm³/mol. The monoisotopic (exact) mass is 293 g/mol. The van der Waals surface area contributed by atoms with Crippen molar-refractivity contribution in [2.45, 2.75) is 25.9 Å². The number of benzene rings is 1. The fourth-order valence-corrected chi connectivity index (χ4v) is 1.70. The SMILES string of the molecule is CC(O)CCN(C)C(=O)c1cc(F)ccc1C#CCCO. The lowest BCUT2D eigenvalue weighted by Crippen LogP contribution is -2.30. The van der Waals surface area contributed by atoms with Gasteiger partial charge in [0.1, 0.15) is 5.82 Å². The molecule has 1 unspecified atom stereocenters. The highest BCUT2D eigenvalue weighted by atomic mass is 19.1. The van der Waals surface area contributed by atoms with E-state index in [4.69, 9.17) is 5.11 Å². The minimum atomic E-state index is -0.505. The molecule has 0 saturated heterocycles. The summed E-state index contributed by atoms with van der Waals surface area (Å²) >= 11 is 0. The van der Waals surface area contributed by atoms with E-state index in [1.54, 1.807) is 14.0 Å². The molecule has 0 radical (unpaired) electrons. The van der Waals surface area contributed by atoms with E-state index in [2.05, 4.69) is 11.8 Å². The molecular formula is C16H20FNO3. The van der Waals surface area contributed by atoms with Crippen LogP contribution in [0.25, 0.3) is 0 Å². The van der Waals surface area contributed by atoms with E-state index in [-0.39, 0.29) is 18.1 Å². The van der Waals surface area contributed by atoms with Crippen molar-refractivity contribution < 1.29 is 19.4 Å². The van der Waals surface area contributed by atoms with E-state index >= 15 is 0 Å². The number of aliphatic hydroxyl groups excluding tert-OH is 2. The fourth-order valence-electron chi connectivity index (χ4n) is 1.70. The standard InChI is InChI=1S/C16H20FNO3/c1-12(20)8-9-18(2)16(21)15-11-14(17)7-6-13(15)5-3-4-10-19/h6-7,11-12,19-20H,4,8-10H2,1-2H3. The first kappa shape index (κ1) is 17.2. The Kier molecular flexibility index (Phi) is 6.86. The van der Waals surface area contributed by atoms with Crippen LogP contribution in [0.2, 0.25) is 0 Å². The summed E-state index contributed by atoms with van der Waals surface area (Å²) in [6, 6.07) is 3.86. The molecule has 0 fully saturated rings. The van der Waals surface area contributed by atoms with Crippen molar-refractivity contribution in [2.24, 2.45) is 0 Å². The number of halogens is 1. The van der Waals surface area contributed by atoms with Crippen LogP contribution in [0.1, 0.15) is 35.7 Å². The first-order valence-electron chi connectivity index (χ1n) is 6.78. The normalized spacial score (nSPS) is 11.5. The number of nitrogens with zero attached hydrogens (tertiary/aromatic N) is 1. The number of carbonyl (C=O) groups is 1. The Morgan fingerprint density at radius 3 is 2.81 bits per heavy atom. The molecule has 0 bridgehead atoms. The van der Waals surface area contributed by atoms with Crippen LogP contribution in [0.5, 0.6) is 0 Å². The lowest BCUT2D eigenvalue weighted by molar-refractivity contribution is 0.0768. The van der Waals surface area contributed by atoms with E-state index in [0.717, 1.165) is 6.07 Å². The van der Waals surface area contributed by atoms with Crippen molar-refractivity contribution in [3.63, 3.8) is 0 Å². The molecule has 0 saturated carbocycles. The van der Waals surface area contributed by atoms with Gasteiger partial charge in [-0.1, -0.05) is 11.8 Å². The Balaban J connectivity index is 2.96. The number of carbonyl (C=O) groups excluding carboxylic acids is 1. The molecule has 4 nitrogen and oxygen atoms in total. The maximum atomic E-state index is 13.4. The van der Waals surface area contributed by atoms with Crippen LogP contribution in [0.4, 0.5) is 4.39 Å². The van der Waals surface area contributed by atoms with Gasteiger partial charge >= 0.3 is 0 Å². The highest BCUT2D eigenvalue weighted by Crippen LogP contribution is 2.13. The summed E-state index contributed by atoms with van der Waals surface area (Å²) in [6.07, 6.45) is 0.239. The molecule has 21 heavy (non-hydrogen) atoms. The van der Waals surface area contributed by atoms with Gasteiger partial charge in [0.25, 0.3) is 5.91 Å². The predicted octanol–water partition coefficient (Wildman–Crippen LogP) is 1.40. The van der Waals surface area contributed by atoms with Gasteiger partial charge in [-0.2, -0.15) is 0 Å². The molecule has 1 amide bonds. The van der Waals surface area contributed by atoms with Crippen molar-refractivity contribution in [1.82, 2.24) is 4.90 Å². The number of aliphatic hydroxyl groups is 2. The van der Waals surface area contributed by atoms with Crippen molar-refractivity contribution in [3.8, 4) is 11.8 Å². The van der Waals surface area contributed by atoms with E-state index in [0.29, 0.717) is 24.9 Å². The van der Waals surface area contributed by atoms with E-state index in [1.165, 1.54) is 17.0 Å². The third-order valence-electron chi connectivity index (χ3n) is 2.90. The zero-order chi connectivity index (χ0) is 15.8. The molecule has 0 aliphatic carbocycles. The molecule has 0 aromatic heterocycles. The van der Waals surface area contributed by atoms with Gasteiger partial charge in [0.2, 0.25) is 0 Å². The highest BCUT2D eigenvalue weighted by Gasteiger charge is 2.16. The van der Waals surface area contributed by atoms with Crippen molar-refractivity contribution in [1.29, 1.82) is 0 Å². The smallest absolute Gasteiger partial charge is 0.254 e. The average molecular weight is 293 g/mol. The summed E-state index contributed by atoms with van der Waals surface area (Å²) in [5.74, 6) is 4.64. The Hall–Kier alpha value is -1.90. The summed E-state index contributed by atoms with van der Waals surface area (Å²) in [5, 5.41) is 18.0. The van der Waals surface area contributed by atoms with Gasteiger partial charge in [0.15, 0.2) is 0 Å². The van der Waals surface area contributed by atoms with Gasteiger partial charge in [-0.25, -0.2) is 4.39 Å². The number of amides is 1. The molecule has 1 rings (SSSR count). The summed E-state index contributed by atoms with van der Waals surface area (Å²) in [4.78, 5) is 13.8. The van der Waals surface area contributed by atoms with Crippen LogP contribution in [0.15, 0.2) is 18.2 Å². The number of hydrogen-bond donors (Lipinski definition) is 2. The quantitative estimate of drug-likeness (QED) is 0.807. The zero-order valence-electron chi connectivity index (χ0n) is 12.3. The molecular weight excluding hydrogens is 273 g/mol. The van der Waals surface area contributed by atoms with Gasteiger partial charge < -0.3 is 15.1 Å². The summed E-state index contributed by atoms with van der Waals surface area (Å²) in [6.45, 7) is 1.95. The van der Waals surface area contributed by atoms with Gasteiger partial charge in [-0.15, -0.1) is 0 Å². The summed E-state index contributed by atoms with van der Waals surface area (Å²) in [7, 11) is 1.60. The third kappa shape index (κ3) is 5.54. The van der Waals surface area contributed by atoms with Gasteiger partial charge in [-0.05, 0) is 31.5 Å². The second-order valence-corrected chi connectivity index (χ2v) is 4.83. The fraction of sp³-hybridized carbons (Fsp3) is 0.438. The molecule has 0 aliphatic heterocycles. The van der Waals surface area contributed by atoms with E-state index in [1.807, 2.05) is 0 Å². The lowest BCUT2D eigenvalue weighted by Gasteiger charge is -2.18. The van der Waals surface area contributed by atoms with Crippen LogP contribution in [-0.4, -0.2) is 47.3 Å². The largest absolute Gasteiger partial charge is 0.395 e. The minimum Gasteiger partial charge on any atom is -0.395 e. The molecule has 1 aromatic rings. The molecule has 2 N–H and O–H groups in total.